The number of carbonyl (C=O) groups excluding carboxylic acids is 1. The summed E-state index contributed by atoms with van der Waals surface area (Å²) in [7, 11) is 0. The number of esters is 1. The van der Waals surface area contributed by atoms with Crippen molar-refractivity contribution in [3.8, 4) is 6.07 Å². The maximum atomic E-state index is 11.6. The number of allylic oxidation sites excluding steroid dienone is 1. The molecule has 0 saturated carbocycles. The third-order valence-corrected chi connectivity index (χ3v) is 2.94. The first kappa shape index (κ1) is 17.2. The monoisotopic (exact) mass is 267 g/mol. The number of carboxylic acid groups (broad SMARTS) is 1. The molecule has 0 amide bonds. The second-order valence-electron chi connectivity index (χ2n) is 5.49. The van der Waals surface area contributed by atoms with Crippen molar-refractivity contribution in [3.63, 3.8) is 0 Å². The van der Waals surface area contributed by atoms with Gasteiger partial charge in [-0.1, -0.05) is 26.8 Å². The molecular formula is C14H21NO4. The van der Waals surface area contributed by atoms with Gasteiger partial charge in [-0.05, 0) is 25.2 Å². The fourth-order valence-corrected chi connectivity index (χ4v) is 1.45. The summed E-state index contributed by atoms with van der Waals surface area (Å²) in [5, 5.41) is 17.8. The summed E-state index contributed by atoms with van der Waals surface area (Å²) in [4.78, 5) is 22.4. The van der Waals surface area contributed by atoms with Crippen molar-refractivity contribution in [2.75, 3.05) is 0 Å². The predicted molar refractivity (Wildman–Crippen MR) is 70.1 cm³/mol. The van der Waals surface area contributed by atoms with E-state index >= 15 is 0 Å². The maximum absolute atomic E-state index is 11.6. The summed E-state index contributed by atoms with van der Waals surface area (Å²) in [6.07, 6.45) is 1.14. The van der Waals surface area contributed by atoms with Gasteiger partial charge in [0.05, 0.1) is 12.5 Å². The van der Waals surface area contributed by atoms with Crippen LogP contribution < -0.4 is 0 Å². The lowest BCUT2D eigenvalue weighted by molar-refractivity contribution is -0.142. The van der Waals surface area contributed by atoms with Gasteiger partial charge in [0, 0.05) is 0 Å². The molecule has 0 saturated heterocycles. The Bertz CT molecular complexity index is 416. The summed E-state index contributed by atoms with van der Waals surface area (Å²) < 4.78 is 4.95. The molecule has 0 aromatic carbocycles. The van der Waals surface area contributed by atoms with E-state index in [-0.39, 0.29) is 24.0 Å². The van der Waals surface area contributed by atoms with Crippen molar-refractivity contribution >= 4 is 11.9 Å². The molecule has 0 spiro atoms. The quantitative estimate of drug-likeness (QED) is 0.454. The largest absolute Gasteiger partial charge is 0.481 e. The normalized spacial score (nSPS) is 13.8. The molecule has 0 aromatic rings. The lowest BCUT2D eigenvalue weighted by atomic mass is 9.76. The van der Waals surface area contributed by atoms with E-state index in [2.05, 4.69) is 0 Å². The minimum absolute atomic E-state index is 0.0391. The van der Waals surface area contributed by atoms with Crippen LogP contribution in [-0.2, 0) is 14.3 Å². The van der Waals surface area contributed by atoms with Crippen LogP contribution in [0, 0.1) is 22.7 Å². The van der Waals surface area contributed by atoms with Crippen LogP contribution in [0.15, 0.2) is 11.6 Å². The molecule has 0 aromatic heterocycles. The molecule has 5 nitrogen and oxygen atoms in total. The molecule has 0 bridgehead atoms. The zero-order chi connectivity index (χ0) is 15.2. The average molecular weight is 267 g/mol. The topological polar surface area (TPSA) is 87.4 Å². The van der Waals surface area contributed by atoms with Crippen molar-refractivity contribution in [2.45, 2.75) is 47.1 Å². The minimum atomic E-state index is -0.909. The molecule has 0 aliphatic carbocycles. The average Bonchev–Trinajstić information content (AvgIpc) is 2.22. The van der Waals surface area contributed by atoms with Crippen LogP contribution in [0.2, 0.25) is 0 Å². The standard InChI is InChI=1S/C14H21NO4/c1-9(2)19-13(18)11(8-15)6-10(3)14(4,5)7-12(16)17/h6,9-10H,7H2,1-5H3,(H,16,17)/b11-6+. The third kappa shape index (κ3) is 6.05. The summed E-state index contributed by atoms with van der Waals surface area (Å²) in [6.45, 7) is 8.74. The lowest BCUT2D eigenvalue weighted by Crippen LogP contribution is -2.25. The summed E-state index contributed by atoms with van der Waals surface area (Å²) in [5.74, 6) is -1.82. The number of ether oxygens (including phenoxy) is 1. The molecule has 0 fully saturated rings. The fraction of sp³-hybridized carbons (Fsp3) is 0.643. The van der Waals surface area contributed by atoms with E-state index < -0.39 is 17.4 Å². The van der Waals surface area contributed by atoms with Crippen molar-refractivity contribution < 1.29 is 19.4 Å². The van der Waals surface area contributed by atoms with Crippen molar-refractivity contribution in [3.05, 3.63) is 11.6 Å². The molecule has 0 rings (SSSR count). The number of nitrogens with zero attached hydrogens (tertiary/aromatic N) is 1. The van der Waals surface area contributed by atoms with Crippen molar-refractivity contribution in [1.29, 1.82) is 5.26 Å². The molecule has 0 heterocycles. The molecule has 106 valence electrons. The third-order valence-electron chi connectivity index (χ3n) is 2.94. The molecule has 1 N–H and O–H groups in total. The highest BCUT2D eigenvalue weighted by molar-refractivity contribution is 5.92. The number of nitriles is 1. The van der Waals surface area contributed by atoms with Gasteiger partial charge in [0.15, 0.2) is 0 Å². The summed E-state index contributed by atoms with van der Waals surface area (Å²) in [5.41, 5.74) is -0.633. The smallest absolute Gasteiger partial charge is 0.348 e. The Balaban J connectivity index is 5.02. The van der Waals surface area contributed by atoms with Crippen LogP contribution in [0.3, 0.4) is 0 Å². The van der Waals surface area contributed by atoms with Crippen molar-refractivity contribution in [2.24, 2.45) is 11.3 Å². The van der Waals surface area contributed by atoms with E-state index in [1.165, 1.54) is 6.08 Å². The van der Waals surface area contributed by atoms with Crippen LogP contribution in [0.4, 0.5) is 0 Å². The molecule has 5 heteroatoms. The van der Waals surface area contributed by atoms with Crippen LogP contribution in [0.25, 0.3) is 0 Å². The van der Waals surface area contributed by atoms with Gasteiger partial charge < -0.3 is 9.84 Å². The van der Waals surface area contributed by atoms with Gasteiger partial charge in [-0.2, -0.15) is 5.26 Å². The number of carboxylic acids is 1. The van der Waals surface area contributed by atoms with E-state index in [0.29, 0.717) is 0 Å². The predicted octanol–water partition coefficient (Wildman–Crippen LogP) is 2.52. The minimum Gasteiger partial charge on any atom is -0.481 e. The fourth-order valence-electron chi connectivity index (χ4n) is 1.45. The highest BCUT2D eigenvalue weighted by Crippen LogP contribution is 2.32. The Morgan fingerprint density at radius 2 is 1.89 bits per heavy atom. The van der Waals surface area contributed by atoms with Gasteiger partial charge in [0.2, 0.25) is 0 Å². The highest BCUT2D eigenvalue weighted by Gasteiger charge is 2.28. The molecule has 19 heavy (non-hydrogen) atoms. The second-order valence-corrected chi connectivity index (χ2v) is 5.49. The van der Waals surface area contributed by atoms with E-state index in [0.717, 1.165) is 0 Å². The molecule has 1 unspecified atom stereocenters. The van der Waals surface area contributed by atoms with E-state index in [1.807, 2.05) is 0 Å². The SMILES string of the molecule is CC(C)OC(=O)/C(C#N)=C/C(C)C(C)(C)CC(=O)O. The number of aliphatic carboxylic acids is 1. The van der Waals surface area contributed by atoms with Crippen LogP contribution in [-0.4, -0.2) is 23.1 Å². The van der Waals surface area contributed by atoms with Crippen LogP contribution >= 0.6 is 0 Å². The van der Waals surface area contributed by atoms with Gasteiger partial charge in [-0.3, -0.25) is 4.79 Å². The van der Waals surface area contributed by atoms with E-state index in [9.17, 15) is 9.59 Å². The highest BCUT2D eigenvalue weighted by atomic mass is 16.5. The first-order chi connectivity index (χ1) is 8.60. The van der Waals surface area contributed by atoms with Gasteiger partial charge in [-0.15, -0.1) is 0 Å². The Kier molecular flexibility index (Phi) is 6.26. The first-order valence-electron chi connectivity index (χ1n) is 6.15. The number of hydrogen-bond donors (Lipinski definition) is 1. The van der Waals surface area contributed by atoms with E-state index in [1.54, 1.807) is 40.7 Å². The maximum Gasteiger partial charge on any atom is 0.348 e. The van der Waals surface area contributed by atoms with Crippen LogP contribution in [0.5, 0.6) is 0 Å². The molecular weight excluding hydrogens is 246 g/mol. The van der Waals surface area contributed by atoms with Gasteiger partial charge in [0.25, 0.3) is 0 Å². The lowest BCUT2D eigenvalue weighted by Gasteiger charge is -2.28. The molecule has 1 atom stereocenters. The Labute approximate surface area is 113 Å². The molecule has 0 aliphatic rings. The van der Waals surface area contributed by atoms with Crippen LogP contribution in [0.1, 0.15) is 41.0 Å². The second kappa shape index (κ2) is 6.93. The number of rotatable bonds is 6. The van der Waals surface area contributed by atoms with Crippen molar-refractivity contribution in [1.82, 2.24) is 0 Å². The Morgan fingerprint density at radius 1 is 1.37 bits per heavy atom. The number of hydrogen-bond acceptors (Lipinski definition) is 4. The first-order valence-corrected chi connectivity index (χ1v) is 6.15. The van der Waals surface area contributed by atoms with Gasteiger partial charge in [0.1, 0.15) is 11.6 Å². The summed E-state index contributed by atoms with van der Waals surface area (Å²) in [6, 6.07) is 1.80. The zero-order valence-electron chi connectivity index (χ0n) is 12.1. The van der Waals surface area contributed by atoms with Gasteiger partial charge in [-0.25, -0.2) is 4.79 Å². The van der Waals surface area contributed by atoms with E-state index in [4.69, 9.17) is 15.1 Å². The number of carbonyl (C=O) groups is 2. The van der Waals surface area contributed by atoms with Gasteiger partial charge >= 0.3 is 11.9 Å². The zero-order valence-corrected chi connectivity index (χ0v) is 12.1. The summed E-state index contributed by atoms with van der Waals surface area (Å²) >= 11 is 0. The Hall–Kier alpha value is -1.83. The Morgan fingerprint density at radius 3 is 2.26 bits per heavy atom. The molecule has 0 radical (unpaired) electrons. The molecule has 0 aliphatic heterocycles.